The van der Waals surface area contributed by atoms with E-state index in [0.29, 0.717) is 0 Å². The van der Waals surface area contributed by atoms with Gasteiger partial charge in [0, 0.05) is 6.42 Å². The molecule has 0 saturated heterocycles. The Morgan fingerprint density at radius 1 is 0.667 bits per heavy atom. The second kappa shape index (κ2) is 7.33. The number of rotatable bonds is 4. The molecule has 24 heavy (non-hydrogen) atoms. The summed E-state index contributed by atoms with van der Waals surface area (Å²) in [5.74, 6) is 1.02. The first kappa shape index (κ1) is 16.3. The van der Waals surface area contributed by atoms with Crippen LogP contribution in [0.25, 0.3) is 11.0 Å². The van der Waals surface area contributed by atoms with Gasteiger partial charge in [-0.3, -0.25) is 0 Å². The van der Waals surface area contributed by atoms with Crippen LogP contribution in [0, 0.1) is 0 Å². The van der Waals surface area contributed by atoms with E-state index in [1.165, 1.54) is 16.7 Å². The van der Waals surface area contributed by atoms with Gasteiger partial charge in [-0.1, -0.05) is 72.8 Å². The van der Waals surface area contributed by atoms with Crippen LogP contribution < -0.4 is 0 Å². The average Bonchev–Trinajstić information content (AvgIpc) is 3.00. The first-order valence-corrected chi connectivity index (χ1v) is 7.93. The van der Waals surface area contributed by atoms with Crippen LogP contribution >= 0.6 is 12.4 Å². The number of hydrogen-bond donors (Lipinski definition) is 1. The molecule has 0 radical (unpaired) electrons. The van der Waals surface area contributed by atoms with E-state index in [-0.39, 0.29) is 12.4 Å². The molecule has 0 aliphatic carbocycles. The summed E-state index contributed by atoms with van der Waals surface area (Å²) in [4.78, 5) is 8.31. The minimum Gasteiger partial charge on any atom is -0.342 e. The molecule has 0 fully saturated rings. The van der Waals surface area contributed by atoms with Crippen molar-refractivity contribution in [2.24, 2.45) is 0 Å². The fraction of sp³-hybridized carbons (Fsp3) is 0.0952. The number of nitrogens with zero attached hydrogens (tertiary/aromatic N) is 1. The molecule has 0 bridgehead atoms. The van der Waals surface area contributed by atoms with Gasteiger partial charge in [0.05, 0.1) is 11.0 Å². The maximum Gasteiger partial charge on any atom is 0.111 e. The molecule has 0 atom stereocenters. The van der Waals surface area contributed by atoms with Gasteiger partial charge < -0.3 is 4.98 Å². The molecule has 1 N–H and O–H groups in total. The summed E-state index contributed by atoms with van der Waals surface area (Å²) in [7, 11) is 0. The number of H-pyrrole nitrogens is 1. The van der Waals surface area contributed by atoms with Gasteiger partial charge in [0.1, 0.15) is 5.82 Å². The first-order chi connectivity index (χ1) is 11.4. The number of nitrogens with one attached hydrogen (secondary N) is 1. The van der Waals surface area contributed by atoms with E-state index in [1.54, 1.807) is 0 Å². The summed E-state index contributed by atoms with van der Waals surface area (Å²) in [6.45, 7) is 0. The topological polar surface area (TPSA) is 28.7 Å². The number of benzene rings is 3. The van der Waals surface area contributed by atoms with Crippen LogP contribution in [-0.2, 0) is 12.8 Å². The van der Waals surface area contributed by atoms with Crippen LogP contribution in [0.4, 0.5) is 0 Å². The molecule has 2 nitrogen and oxygen atoms in total. The second-order valence-corrected chi connectivity index (χ2v) is 5.82. The molecule has 3 aromatic carbocycles. The number of imidazole rings is 1. The Kier molecular flexibility index (Phi) is 4.97. The highest BCUT2D eigenvalue weighted by molar-refractivity contribution is 5.85. The fourth-order valence-electron chi connectivity index (χ4n) is 2.97. The Morgan fingerprint density at radius 3 is 1.96 bits per heavy atom. The molecule has 4 rings (SSSR count). The Hall–Kier alpha value is -2.58. The van der Waals surface area contributed by atoms with Gasteiger partial charge in [-0.2, -0.15) is 0 Å². The lowest BCUT2D eigenvalue weighted by Gasteiger charge is -2.02. The van der Waals surface area contributed by atoms with Crippen molar-refractivity contribution in [3.63, 3.8) is 0 Å². The lowest BCUT2D eigenvalue weighted by atomic mass is 10.0. The maximum absolute atomic E-state index is 4.85. The van der Waals surface area contributed by atoms with Gasteiger partial charge in [-0.25, -0.2) is 4.98 Å². The monoisotopic (exact) mass is 334 g/mol. The molecule has 0 unspecified atom stereocenters. The highest BCUT2D eigenvalue weighted by Gasteiger charge is 2.08. The molecular formula is C21H19ClN2. The van der Waals surface area contributed by atoms with Crippen molar-refractivity contribution in [1.29, 1.82) is 0 Å². The van der Waals surface area contributed by atoms with Crippen molar-refractivity contribution in [2.75, 3.05) is 0 Å². The van der Waals surface area contributed by atoms with Crippen molar-refractivity contribution < 1.29 is 0 Å². The molecule has 3 heteroatoms. The van der Waals surface area contributed by atoms with Crippen molar-refractivity contribution in [3.05, 3.63) is 101 Å². The Labute approximate surface area is 148 Å². The third kappa shape index (κ3) is 3.50. The quantitative estimate of drug-likeness (QED) is 0.548. The summed E-state index contributed by atoms with van der Waals surface area (Å²) in [5, 5.41) is 0. The van der Waals surface area contributed by atoms with E-state index in [2.05, 4.69) is 77.8 Å². The SMILES string of the molecule is Cl.c1ccc(Cc2nc3c(Cc4ccccc4)cccc3[nH]2)cc1. The Balaban J connectivity index is 0.00000169. The predicted octanol–water partition coefficient (Wildman–Crippen LogP) is 5.17. The number of aromatic amines is 1. The van der Waals surface area contributed by atoms with Crippen LogP contribution in [0.3, 0.4) is 0 Å². The summed E-state index contributed by atoms with van der Waals surface area (Å²) in [6, 6.07) is 27.4. The van der Waals surface area contributed by atoms with Crippen molar-refractivity contribution in [2.45, 2.75) is 12.8 Å². The Morgan fingerprint density at radius 2 is 1.29 bits per heavy atom. The number of aromatic nitrogens is 2. The van der Waals surface area contributed by atoms with E-state index in [1.807, 2.05) is 6.07 Å². The standard InChI is InChI=1S/C21H18N2.ClH/c1-3-8-16(9-4-1)14-18-12-7-13-19-21(18)23-20(22-19)15-17-10-5-2-6-11-17;/h1-13H,14-15H2,(H,22,23);1H. The number of halogens is 1. The van der Waals surface area contributed by atoms with Gasteiger partial charge in [0.25, 0.3) is 0 Å². The molecule has 1 heterocycles. The molecular weight excluding hydrogens is 316 g/mol. The second-order valence-electron chi connectivity index (χ2n) is 5.82. The number of para-hydroxylation sites is 1. The Bertz CT molecular complexity index is 914. The lowest BCUT2D eigenvalue weighted by Crippen LogP contribution is -1.91. The zero-order valence-corrected chi connectivity index (χ0v) is 14.1. The third-order valence-electron chi connectivity index (χ3n) is 4.10. The van der Waals surface area contributed by atoms with Crippen LogP contribution in [0.15, 0.2) is 78.9 Å². The summed E-state index contributed by atoms with van der Waals surface area (Å²) >= 11 is 0. The highest BCUT2D eigenvalue weighted by atomic mass is 35.5. The zero-order chi connectivity index (χ0) is 15.5. The van der Waals surface area contributed by atoms with Crippen LogP contribution in [-0.4, -0.2) is 9.97 Å². The van der Waals surface area contributed by atoms with Gasteiger partial charge in [-0.15, -0.1) is 12.4 Å². The van der Waals surface area contributed by atoms with E-state index >= 15 is 0 Å². The number of fused-ring (bicyclic) bond motifs is 1. The van der Waals surface area contributed by atoms with Gasteiger partial charge in [0.15, 0.2) is 0 Å². The minimum atomic E-state index is 0. The van der Waals surface area contributed by atoms with Gasteiger partial charge >= 0.3 is 0 Å². The highest BCUT2D eigenvalue weighted by Crippen LogP contribution is 2.20. The smallest absolute Gasteiger partial charge is 0.111 e. The van der Waals surface area contributed by atoms with Crippen molar-refractivity contribution >= 4 is 23.4 Å². The van der Waals surface area contributed by atoms with Gasteiger partial charge in [0.2, 0.25) is 0 Å². The molecule has 0 saturated carbocycles. The fourth-order valence-corrected chi connectivity index (χ4v) is 2.97. The first-order valence-electron chi connectivity index (χ1n) is 7.93. The van der Waals surface area contributed by atoms with Crippen LogP contribution in [0.1, 0.15) is 22.5 Å². The zero-order valence-electron chi connectivity index (χ0n) is 13.3. The largest absolute Gasteiger partial charge is 0.342 e. The third-order valence-corrected chi connectivity index (χ3v) is 4.10. The van der Waals surface area contributed by atoms with Crippen molar-refractivity contribution in [1.82, 2.24) is 9.97 Å². The van der Waals surface area contributed by atoms with Crippen LogP contribution in [0.2, 0.25) is 0 Å². The van der Waals surface area contributed by atoms with Crippen molar-refractivity contribution in [3.8, 4) is 0 Å². The summed E-state index contributed by atoms with van der Waals surface area (Å²) in [6.07, 6.45) is 1.74. The van der Waals surface area contributed by atoms with E-state index in [0.717, 1.165) is 29.7 Å². The molecule has 0 amide bonds. The maximum atomic E-state index is 4.85. The minimum absolute atomic E-state index is 0. The summed E-state index contributed by atoms with van der Waals surface area (Å²) in [5.41, 5.74) is 6.06. The van der Waals surface area contributed by atoms with Gasteiger partial charge in [-0.05, 0) is 29.2 Å². The lowest BCUT2D eigenvalue weighted by molar-refractivity contribution is 1.04. The number of hydrogen-bond acceptors (Lipinski definition) is 1. The molecule has 0 spiro atoms. The predicted molar refractivity (Wildman–Crippen MR) is 102 cm³/mol. The summed E-state index contributed by atoms with van der Waals surface area (Å²) < 4.78 is 0. The van der Waals surface area contributed by atoms with E-state index in [4.69, 9.17) is 4.98 Å². The molecule has 0 aliphatic heterocycles. The molecule has 1 aromatic heterocycles. The molecule has 120 valence electrons. The average molecular weight is 335 g/mol. The van der Waals surface area contributed by atoms with Crippen LogP contribution in [0.5, 0.6) is 0 Å². The van der Waals surface area contributed by atoms with E-state index in [9.17, 15) is 0 Å². The van der Waals surface area contributed by atoms with E-state index < -0.39 is 0 Å². The molecule has 0 aliphatic rings. The normalized spacial score (nSPS) is 10.5. The molecule has 4 aromatic rings.